The van der Waals surface area contributed by atoms with Crippen molar-refractivity contribution in [3.05, 3.63) is 77.9 Å². The Morgan fingerprint density at radius 2 is 2.04 bits per heavy atom. The monoisotopic (exact) mass is 383 g/mol. The minimum atomic E-state index is 0.00289. The summed E-state index contributed by atoms with van der Waals surface area (Å²) in [5, 5.41) is 0. The first-order valence-corrected chi connectivity index (χ1v) is 9.35. The van der Waals surface area contributed by atoms with E-state index >= 15 is 0 Å². The third-order valence-corrected chi connectivity index (χ3v) is 5.25. The van der Waals surface area contributed by atoms with Gasteiger partial charge in [-0.15, -0.1) is 11.3 Å². The first-order chi connectivity index (χ1) is 13.0. The van der Waals surface area contributed by atoms with E-state index in [9.17, 15) is 4.79 Å². The van der Waals surface area contributed by atoms with E-state index in [1.54, 1.807) is 32.2 Å². The predicted octanol–water partition coefficient (Wildman–Crippen LogP) is 5.16. The first kappa shape index (κ1) is 20.5. The van der Waals surface area contributed by atoms with Crippen molar-refractivity contribution in [3.63, 3.8) is 0 Å². The SMILES string of the molecule is C=C/C(=C\C(=C)OC)CCN(C)C(=O)c1ccc(-c2cccc(OC)c2)s1. The van der Waals surface area contributed by atoms with Gasteiger partial charge in [0.1, 0.15) is 11.5 Å². The molecule has 0 aliphatic heterocycles. The molecule has 1 heterocycles. The Morgan fingerprint density at radius 1 is 1.26 bits per heavy atom. The zero-order chi connectivity index (χ0) is 19.8. The van der Waals surface area contributed by atoms with Gasteiger partial charge in [-0.2, -0.15) is 0 Å². The summed E-state index contributed by atoms with van der Waals surface area (Å²) in [6, 6.07) is 11.7. The molecule has 0 aliphatic carbocycles. The molecule has 27 heavy (non-hydrogen) atoms. The van der Waals surface area contributed by atoms with E-state index in [2.05, 4.69) is 13.2 Å². The molecule has 0 atom stereocenters. The molecule has 0 spiro atoms. The van der Waals surface area contributed by atoms with Gasteiger partial charge >= 0.3 is 0 Å². The highest BCUT2D eigenvalue weighted by Gasteiger charge is 2.15. The summed E-state index contributed by atoms with van der Waals surface area (Å²) >= 11 is 1.48. The molecule has 0 fully saturated rings. The lowest BCUT2D eigenvalue weighted by Gasteiger charge is -2.16. The number of hydrogen-bond donors (Lipinski definition) is 0. The van der Waals surface area contributed by atoms with Crippen LogP contribution in [0.25, 0.3) is 10.4 Å². The Kier molecular flexibility index (Phi) is 7.44. The Hall–Kier alpha value is -2.79. The quantitative estimate of drug-likeness (QED) is 0.443. The average molecular weight is 384 g/mol. The van der Waals surface area contributed by atoms with Crippen LogP contribution in [0.3, 0.4) is 0 Å². The van der Waals surface area contributed by atoms with Crippen LogP contribution < -0.4 is 4.74 Å². The second-order valence-electron chi connectivity index (χ2n) is 5.97. The van der Waals surface area contributed by atoms with Crippen molar-refractivity contribution < 1.29 is 14.3 Å². The van der Waals surface area contributed by atoms with E-state index in [4.69, 9.17) is 9.47 Å². The van der Waals surface area contributed by atoms with Gasteiger partial charge in [-0.3, -0.25) is 4.79 Å². The second kappa shape index (κ2) is 9.78. The number of nitrogens with zero attached hydrogens (tertiary/aromatic N) is 1. The lowest BCUT2D eigenvalue weighted by molar-refractivity contribution is 0.0801. The molecule has 1 amide bonds. The number of ether oxygens (including phenoxy) is 2. The van der Waals surface area contributed by atoms with E-state index < -0.39 is 0 Å². The van der Waals surface area contributed by atoms with Crippen LogP contribution in [0.15, 0.2) is 73.0 Å². The molecule has 0 radical (unpaired) electrons. The van der Waals surface area contributed by atoms with Crippen LogP contribution >= 0.6 is 11.3 Å². The summed E-state index contributed by atoms with van der Waals surface area (Å²) in [4.78, 5) is 16.2. The zero-order valence-corrected chi connectivity index (χ0v) is 16.8. The zero-order valence-electron chi connectivity index (χ0n) is 16.0. The minimum Gasteiger partial charge on any atom is -0.497 e. The van der Waals surface area contributed by atoms with Gasteiger partial charge in [-0.05, 0) is 47.9 Å². The fraction of sp³-hybridized carbons (Fsp3) is 0.227. The Bertz CT molecular complexity index is 851. The molecule has 2 rings (SSSR count). The maximum atomic E-state index is 12.7. The molecule has 0 saturated heterocycles. The topological polar surface area (TPSA) is 38.8 Å². The second-order valence-corrected chi connectivity index (χ2v) is 7.05. The van der Waals surface area contributed by atoms with Crippen molar-refractivity contribution >= 4 is 17.2 Å². The maximum absolute atomic E-state index is 12.7. The molecule has 0 unspecified atom stereocenters. The number of methoxy groups -OCH3 is 2. The number of rotatable bonds is 9. The average Bonchev–Trinajstić information content (AvgIpc) is 3.20. The Morgan fingerprint density at radius 3 is 2.70 bits per heavy atom. The number of hydrogen-bond acceptors (Lipinski definition) is 4. The van der Waals surface area contributed by atoms with E-state index in [1.165, 1.54) is 11.3 Å². The van der Waals surface area contributed by atoms with Crippen LogP contribution in [0, 0.1) is 0 Å². The molecule has 4 nitrogen and oxygen atoms in total. The van der Waals surface area contributed by atoms with Crippen molar-refractivity contribution in [1.29, 1.82) is 0 Å². The molecule has 0 bridgehead atoms. The molecular weight excluding hydrogens is 358 g/mol. The lowest BCUT2D eigenvalue weighted by atomic mass is 10.1. The lowest BCUT2D eigenvalue weighted by Crippen LogP contribution is -2.27. The summed E-state index contributed by atoms with van der Waals surface area (Å²) in [5.41, 5.74) is 2.01. The van der Waals surface area contributed by atoms with Crippen LogP contribution in [0.4, 0.5) is 0 Å². The molecule has 0 N–H and O–H groups in total. The summed E-state index contributed by atoms with van der Waals surface area (Å²) in [6.45, 7) is 8.17. The highest BCUT2D eigenvalue weighted by atomic mass is 32.1. The smallest absolute Gasteiger partial charge is 0.263 e. The Balaban J connectivity index is 2.05. The molecule has 142 valence electrons. The van der Waals surface area contributed by atoms with Gasteiger partial charge in [0.25, 0.3) is 5.91 Å². The summed E-state index contributed by atoms with van der Waals surface area (Å²) in [6.07, 6.45) is 4.27. The summed E-state index contributed by atoms with van der Waals surface area (Å²) in [7, 11) is 5.02. The van der Waals surface area contributed by atoms with Gasteiger partial charge in [0.2, 0.25) is 0 Å². The third-order valence-electron chi connectivity index (χ3n) is 4.12. The molecule has 1 aromatic carbocycles. The number of thiophene rings is 1. The fourth-order valence-corrected chi connectivity index (χ4v) is 3.47. The normalized spacial score (nSPS) is 11.0. The van der Waals surface area contributed by atoms with Gasteiger partial charge in [-0.25, -0.2) is 0 Å². The Labute approximate surface area is 165 Å². The predicted molar refractivity (Wildman–Crippen MR) is 112 cm³/mol. The van der Waals surface area contributed by atoms with E-state index in [0.717, 1.165) is 21.8 Å². The van der Waals surface area contributed by atoms with Gasteiger partial charge < -0.3 is 14.4 Å². The van der Waals surface area contributed by atoms with Crippen molar-refractivity contribution in [2.75, 3.05) is 27.8 Å². The van der Waals surface area contributed by atoms with Crippen molar-refractivity contribution in [1.82, 2.24) is 4.90 Å². The van der Waals surface area contributed by atoms with Crippen molar-refractivity contribution in [2.45, 2.75) is 6.42 Å². The van der Waals surface area contributed by atoms with Gasteiger partial charge in [0.15, 0.2) is 0 Å². The highest BCUT2D eigenvalue weighted by molar-refractivity contribution is 7.17. The number of carbonyl (C=O) groups excluding carboxylic acids is 1. The molecule has 0 aliphatic rings. The third kappa shape index (κ3) is 5.59. The van der Waals surface area contributed by atoms with Gasteiger partial charge in [0, 0.05) is 18.5 Å². The number of benzene rings is 1. The van der Waals surface area contributed by atoms with Crippen LogP contribution in [0.5, 0.6) is 5.75 Å². The van der Waals surface area contributed by atoms with Crippen molar-refractivity contribution in [3.8, 4) is 16.2 Å². The first-order valence-electron chi connectivity index (χ1n) is 8.54. The van der Waals surface area contributed by atoms with Gasteiger partial charge in [0.05, 0.1) is 19.1 Å². The number of amides is 1. The van der Waals surface area contributed by atoms with Crippen LogP contribution in [0.1, 0.15) is 16.1 Å². The van der Waals surface area contributed by atoms with Crippen molar-refractivity contribution in [2.24, 2.45) is 0 Å². The van der Waals surface area contributed by atoms with Crippen LogP contribution in [0.2, 0.25) is 0 Å². The standard InChI is InChI=1S/C22H25NO3S/c1-6-17(14-16(2)25-4)12-13-23(3)22(24)21-11-10-20(27-21)18-8-7-9-19(15-18)26-5/h6-11,14-15H,1-2,12-13H2,3-5H3/b17-14+. The largest absolute Gasteiger partial charge is 0.497 e. The van der Waals surface area contributed by atoms with E-state index in [0.29, 0.717) is 23.6 Å². The minimum absolute atomic E-state index is 0.00289. The van der Waals surface area contributed by atoms with Crippen LogP contribution in [-0.4, -0.2) is 38.6 Å². The molecular formula is C22H25NO3S. The van der Waals surface area contributed by atoms with E-state index in [1.807, 2.05) is 42.5 Å². The molecule has 5 heteroatoms. The number of carbonyl (C=O) groups is 1. The highest BCUT2D eigenvalue weighted by Crippen LogP contribution is 2.31. The fourth-order valence-electron chi connectivity index (χ4n) is 2.47. The maximum Gasteiger partial charge on any atom is 0.263 e. The number of allylic oxidation sites excluding steroid dienone is 2. The van der Waals surface area contributed by atoms with Gasteiger partial charge in [-0.1, -0.05) is 31.4 Å². The summed E-state index contributed by atoms with van der Waals surface area (Å²) < 4.78 is 10.3. The molecule has 1 aromatic heterocycles. The molecule has 0 saturated carbocycles. The summed E-state index contributed by atoms with van der Waals surface area (Å²) in [5.74, 6) is 1.37. The molecule has 2 aromatic rings. The van der Waals surface area contributed by atoms with Crippen LogP contribution in [-0.2, 0) is 4.74 Å². The van der Waals surface area contributed by atoms with E-state index in [-0.39, 0.29) is 5.91 Å².